The third-order valence-electron chi connectivity index (χ3n) is 3.22. The van der Waals surface area contributed by atoms with Gasteiger partial charge in [-0.2, -0.15) is 5.26 Å². The van der Waals surface area contributed by atoms with E-state index in [1.54, 1.807) is 0 Å². The van der Waals surface area contributed by atoms with E-state index in [9.17, 15) is 24.8 Å². The minimum Gasteiger partial charge on any atom is -0.478 e. The van der Waals surface area contributed by atoms with Gasteiger partial charge in [-0.3, -0.25) is 0 Å². The molecule has 1 unspecified atom stereocenters. The second-order valence-corrected chi connectivity index (χ2v) is 4.57. The third-order valence-corrected chi connectivity index (χ3v) is 3.22. The van der Waals surface area contributed by atoms with Crippen molar-refractivity contribution in [2.45, 2.75) is 13.0 Å². The quantitative estimate of drug-likeness (QED) is 0.764. The standard InChI is InChI=1S/C14H11N3O5/c1-7-10(6-15)11(17(14(21)22)13(20)16-7)8-3-2-4-9(5-8)12(18)19/h2-5,11H,1H3,(H,16,20)(H,18,19)(H,21,22). The van der Waals surface area contributed by atoms with Crippen molar-refractivity contribution in [2.24, 2.45) is 0 Å². The Morgan fingerprint density at radius 1 is 1.36 bits per heavy atom. The lowest BCUT2D eigenvalue weighted by Crippen LogP contribution is -2.49. The zero-order chi connectivity index (χ0) is 16.4. The first kappa shape index (κ1) is 15.1. The van der Waals surface area contributed by atoms with Crippen molar-refractivity contribution < 1.29 is 24.6 Å². The number of carbonyl (C=O) groups excluding carboxylic acids is 1. The molecule has 8 nitrogen and oxygen atoms in total. The number of nitrogens with one attached hydrogen (secondary N) is 1. The molecular weight excluding hydrogens is 290 g/mol. The number of rotatable bonds is 2. The summed E-state index contributed by atoms with van der Waals surface area (Å²) in [6, 6.07) is 5.26. The fraction of sp³-hybridized carbons (Fsp3) is 0.143. The van der Waals surface area contributed by atoms with Crippen molar-refractivity contribution in [2.75, 3.05) is 0 Å². The van der Waals surface area contributed by atoms with Gasteiger partial charge in [0.25, 0.3) is 0 Å². The molecule has 3 amide bonds. The molecule has 2 rings (SSSR count). The van der Waals surface area contributed by atoms with E-state index in [1.807, 2.05) is 6.07 Å². The van der Waals surface area contributed by atoms with E-state index in [-0.39, 0.29) is 22.4 Å². The van der Waals surface area contributed by atoms with E-state index in [1.165, 1.54) is 31.2 Å². The number of amides is 3. The van der Waals surface area contributed by atoms with Crippen LogP contribution in [0.4, 0.5) is 9.59 Å². The molecule has 0 saturated heterocycles. The second-order valence-electron chi connectivity index (χ2n) is 4.57. The van der Waals surface area contributed by atoms with Gasteiger partial charge in [-0.15, -0.1) is 0 Å². The van der Waals surface area contributed by atoms with Crippen LogP contribution in [-0.4, -0.2) is 33.2 Å². The molecule has 1 aromatic rings. The third kappa shape index (κ3) is 2.47. The van der Waals surface area contributed by atoms with Gasteiger partial charge in [0.1, 0.15) is 6.04 Å². The molecule has 8 heteroatoms. The average molecular weight is 301 g/mol. The van der Waals surface area contributed by atoms with Gasteiger partial charge in [0.2, 0.25) is 0 Å². The van der Waals surface area contributed by atoms with E-state index in [2.05, 4.69) is 5.32 Å². The monoisotopic (exact) mass is 301 g/mol. The van der Waals surface area contributed by atoms with Crippen molar-refractivity contribution in [1.82, 2.24) is 10.2 Å². The van der Waals surface area contributed by atoms with Gasteiger partial charge in [-0.1, -0.05) is 12.1 Å². The lowest BCUT2D eigenvalue weighted by molar-refractivity contribution is 0.0696. The Bertz CT molecular complexity index is 747. The predicted molar refractivity (Wildman–Crippen MR) is 72.9 cm³/mol. The average Bonchev–Trinajstić information content (AvgIpc) is 2.46. The first-order valence-corrected chi connectivity index (χ1v) is 6.14. The molecule has 0 fully saturated rings. The molecule has 0 spiro atoms. The highest BCUT2D eigenvalue weighted by molar-refractivity contribution is 5.94. The summed E-state index contributed by atoms with van der Waals surface area (Å²) < 4.78 is 0. The summed E-state index contributed by atoms with van der Waals surface area (Å²) in [6.45, 7) is 1.48. The maximum atomic E-state index is 11.9. The van der Waals surface area contributed by atoms with Crippen molar-refractivity contribution in [1.29, 1.82) is 5.26 Å². The highest BCUT2D eigenvalue weighted by Crippen LogP contribution is 2.33. The summed E-state index contributed by atoms with van der Waals surface area (Å²) in [5.74, 6) is -1.19. The van der Waals surface area contributed by atoms with Gasteiger partial charge in [0.15, 0.2) is 0 Å². The minimum atomic E-state index is -1.54. The fourth-order valence-corrected chi connectivity index (χ4v) is 2.24. The predicted octanol–water partition coefficient (Wildman–Crippen LogP) is 1.93. The van der Waals surface area contributed by atoms with Gasteiger partial charge in [0.05, 0.1) is 17.2 Å². The van der Waals surface area contributed by atoms with Crippen molar-refractivity contribution in [3.8, 4) is 6.07 Å². The van der Waals surface area contributed by atoms with E-state index in [0.717, 1.165) is 0 Å². The Morgan fingerprint density at radius 3 is 2.59 bits per heavy atom. The molecule has 1 aromatic carbocycles. The Hall–Kier alpha value is -3.34. The molecule has 3 N–H and O–H groups in total. The number of allylic oxidation sites excluding steroid dienone is 1. The largest absolute Gasteiger partial charge is 0.478 e. The molecule has 22 heavy (non-hydrogen) atoms. The SMILES string of the molecule is CC1=C(C#N)C(c2cccc(C(=O)O)c2)N(C(=O)O)C(=O)N1. The molecule has 0 saturated carbocycles. The van der Waals surface area contributed by atoms with Crippen LogP contribution in [0.15, 0.2) is 35.5 Å². The number of carboxylic acid groups (broad SMARTS) is 2. The Balaban J connectivity index is 2.65. The number of nitrogens with zero attached hydrogens (tertiary/aromatic N) is 2. The molecule has 0 aliphatic carbocycles. The minimum absolute atomic E-state index is 0.0320. The zero-order valence-corrected chi connectivity index (χ0v) is 11.4. The topological polar surface area (TPSA) is 131 Å². The number of carboxylic acids is 1. The van der Waals surface area contributed by atoms with Crippen LogP contribution in [-0.2, 0) is 0 Å². The number of aromatic carboxylic acids is 1. The fourth-order valence-electron chi connectivity index (χ4n) is 2.24. The van der Waals surface area contributed by atoms with E-state index in [0.29, 0.717) is 4.90 Å². The van der Waals surface area contributed by atoms with Crippen LogP contribution < -0.4 is 5.32 Å². The molecule has 0 bridgehead atoms. The summed E-state index contributed by atoms with van der Waals surface area (Å²) in [7, 11) is 0. The Morgan fingerprint density at radius 2 is 2.05 bits per heavy atom. The zero-order valence-electron chi connectivity index (χ0n) is 11.4. The van der Waals surface area contributed by atoms with Gasteiger partial charge in [-0.05, 0) is 24.6 Å². The second kappa shape index (κ2) is 5.57. The molecule has 1 aliphatic rings. The molecule has 1 heterocycles. The highest BCUT2D eigenvalue weighted by Gasteiger charge is 2.39. The maximum Gasteiger partial charge on any atom is 0.416 e. The van der Waals surface area contributed by atoms with Gasteiger partial charge >= 0.3 is 18.1 Å². The first-order valence-electron chi connectivity index (χ1n) is 6.14. The highest BCUT2D eigenvalue weighted by atomic mass is 16.4. The number of hydrogen-bond acceptors (Lipinski definition) is 4. The van der Waals surface area contributed by atoms with Crippen LogP contribution in [0.25, 0.3) is 0 Å². The smallest absolute Gasteiger partial charge is 0.416 e. The number of urea groups is 1. The van der Waals surface area contributed by atoms with E-state index < -0.39 is 24.1 Å². The lowest BCUT2D eigenvalue weighted by atomic mass is 9.94. The number of carbonyl (C=O) groups is 3. The normalized spacial score (nSPS) is 17.7. The van der Waals surface area contributed by atoms with Crippen molar-refractivity contribution in [3.63, 3.8) is 0 Å². The summed E-state index contributed by atoms with van der Waals surface area (Å²) in [6.07, 6.45) is -1.54. The summed E-state index contributed by atoms with van der Waals surface area (Å²) in [4.78, 5) is 34.7. The van der Waals surface area contributed by atoms with E-state index in [4.69, 9.17) is 5.11 Å². The van der Waals surface area contributed by atoms with Crippen LogP contribution in [0.2, 0.25) is 0 Å². The molecular formula is C14H11N3O5. The Kier molecular flexibility index (Phi) is 3.81. The maximum absolute atomic E-state index is 11.9. The summed E-state index contributed by atoms with van der Waals surface area (Å²) in [5.41, 5.74) is 0.428. The van der Waals surface area contributed by atoms with Crippen LogP contribution >= 0.6 is 0 Å². The molecule has 1 atom stereocenters. The van der Waals surface area contributed by atoms with Crippen LogP contribution in [0.3, 0.4) is 0 Å². The van der Waals surface area contributed by atoms with Crippen LogP contribution in [0, 0.1) is 11.3 Å². The summed E-state index contributed by atoms with van der Waals surface area (Å²) >= 11 is 0. The van der Waals surface area contributed by atoms with Gasteiger partial charge in [-0.25, -0.2) is 19.3 Å². The van der Waals surface area contributed by atoms with Gasteiger partial charge in [0, 0.05) is 5.70 Å². The number of imide groups is 1. The van der Waals surface area contributed by atoms with Crippen LogP contribution in [0.1, 0.15) is 28.9 Å². The van der Waals surface area contributed by atoms with Crippen LogP contribution in [0.5, 0.6) is 0 Å². The van der Waals surface area contributed by atoms with Crippen molar-refractivity contribution in [3.05, 3.63) is 46.7 Å². The number of benzene rings is 1. The number of nitriles is 1. The number of hydrogen-bond donors (Lipinski definition) is 3. The Labute approximate surface area is 124 Å². The summed E-state index contributed by atoms with van der Waals surface area (Å²) in [5, 5.41) is 29.8. The first-order chi connectivity index (χ1) is 10.4. The molecule has 1 aliphatic heterocycles. The molecule has 0 aromatic heterocycles. The van der Waals surface area contributed by atoms with E-state index >= 15 is 0 Å². The van der Waals surface area contributed by atoms with Gasteiger partial charge < -0.3 is 15.5 Å². The van der Waals surface area contributed by atoms with Crippen molar-refractivity contribution >= 4 is 18.1 Å². The molecule has 112 valence electrons. The lowest BCUT2D eigenvalue weighted by Gasteiger charge is -2.33. The molecule has 0 radical (unpaired) electrons.